The number of carbonyl (C=O) groups is 1. The lowest BCUT2D eigenvalue weighted by Crippen LogP contribution is -2.42. The van der Waals surface area contributed by atoms with Gasteiger partial charge in [-0.25, -0.2) is 8.42 Å². The zero-order chi connectivity index (χ0) is 24.6. The summed E-state index contributed by atoms with van der Waals surface area (Å²) in [5.74, 6) is -0.317. The molecule has 2 rings (SSSR count). The van der Waals surface area contributed by atoms with Crippen LogP contribution in [0.1, 0.15) is 50.7 Å². The van der Waals surface area contributed by atoms with E-state index in [1.807, 2.05) is 6.92 Å². The maximum absolute atomic E-state index is 13.3. The predicted molar refractivity (Wildman–Crippen MR) is 123 cm³/mol. The van der Waals surface area contributed by atoms with Crippen molar-refractivity contribution in [1.82, 2.24) is 5.32 Å². The van der Waals surface area contributed by atoms with Gasteiger partial charge in [-0.05, 0) is 49.6 Å². The Kier molecular flexibility index (Phi) is 9.34. The number of nitrogens with zero attached hydrogens (tertiary/aromatic N) is 1. The van der Waals surface area contributed by atoms with Gasteiger partial charge >= 0.3 is 6.18 Å². The summed E-state index contributed by atoms with van der Waals surface area (Å²) < 4.78 is 67.2. The van der Waals surface area contributed by atoms with Crippen molar-refractivity contribution in [1.29, 1.82) is 0 Å². The van der Waals surface area contributed by atoms with Crippen molar-refractivity contribution in [2.75, 3.05) is 17.4 Å². The number of rotatable bonds is 11. The number of alkyl halides is 3. The Morgan fingerprint density at radius 3 is 2.33 bits per heavy atom. The first-order valence-electron chi connectivity index (χ1n) is 11.0. The van der Waals surface area contributed by atoms with Crippen molar-refractivity contribution in [2.45, 2.75) is 57.5 Å². The summed E-state index contributed by atoms with van der Waals surface area (Å²) in [6, 6.07) is 9.93. The summed E-state index contributed by atoms with van der Waals surface area (Å²) in [7, 11) is -4.28. The number of hydrogen-bond acceptors (Lipinski definition) is 3. The van der Waals surface area contributed by atoms with Gasteiger partial charge in [-0.2, -0.15) is 13.2 Å². The Bertz CT molecular complexity index is 1020. The molecule has 2 aromatic carbocycles. The normalized spacial score (nSPS) is 12.9. The lowest BCUT2D eigenvalue weighted by Gasteiger charge is -2.25. The van der Waals surface area contributed by atoms with Crippen molar-refractivity contribution in [3.8, 4) is 0 Å². The number of nitrogens with one attached hydrogen (secondary N) is 1. The molecule has 0 aliphatic rings. The van der Waals surface area contributed by atoms with Crippen LogP contribution in [0.3, 0.4) is 0 Å². The number of unbranched alkanes of at least 4 members (excludes halogenated alkanes) is 1. The molecule has 2 aromatic rings. The smallest absolute Gasteiger partial charge is 0.354 e. The van der Waals surface area contributed by atoms with E-state index in [9.17, 15) is 26.4 Å². The minimum atomic E-state index is -4.65. The summed E-state index contributed by atoms with van der Waals surface area (Å²) in [6.07, 6.45) is -0.800. The first kappa shape index (κ1) is 26.7. The van der Waals surface area contributed by atoms with Crippen LogP contribution in [0.15, 0.2) is 53.4 Å². The van der Waals surface area contributed by atoms with Gasteiger partial charge in [0.05, 0.1) is 16.1 Å². The Hall–Kier alpha value is -2.55. The Morgan fingerprint density at radius 1 is 1.09 bits per heavy atom. The molecule has 0 saturated carbocycles. The van der Waals surface area contributed by atoms with E-state index in [1.54, 1.807) is 19.1 Å². The first-order chi connectivity index (χ1) is 15.5. The lowest BCUT2D eigenvalue weighted by molar-refractivity contribution is -0.137. The van der Waals surface area contributed by atoms with E-state index >= 15 is 0 Å². The molecule has 182 valence electrons. The van der Waals surface area contributed by atoms with Gasteiger partial charge in [0.25, 0.3) is 10.0 Å². The molecule has 0 fully saturated rings. The van der Waals surface area contributed by atoms with Crippen molar-refractivity contribution < 1.29 is 26.4 Å². The van der Waals surface area contributed by atoms with E-state index in [-0.39, 0.29) is 16.5 Å². The molecule has 1 amide bonds. The molecule has 0 aromatic heterocycles. The van der Waals surface area contributed by atoms with E-state index in [0.29, 0.717) is 6.54 Å². The Labute approximate surface area is 194 Å². The molecule has 0 aliphatic heterocycles. The van der Waals surface area contributed by atoms with Crippen LogP contribution < -0.4 is 9.62 Å². The minimum absolute atomic E-state index is 0.104. The molecule has 0 spiro atoms. The highest BCUT2D eigenvalue weighted by Crippen LogP contribution is 2.33. The monoisotopic (exact) mass is 484 g/mol. The largest absolute Gasteiger partial charge is 0.416 e. The summed E-state index contributed by atoms with van der Waals surface area (Å²) in [5, 5.41) is 2.75. The van der Waals surface area contributed by atoms with Gasteiger partial charge in [0.15, 0.2) is 0 Å². The standard InChI is InChI=1S/C24H31F3N2O3S/c1-4-6-8-19(5-2)16-28-23(30)17-29(21-10-7-9-20(15-21)24(25,26)27)33(31,32)22-13-11-18(3)12-14-22/h7,9-15,19H,4-6,8,16-17H2,1-3H3,(H,28,30)/t19-/m0/s1. The molecule has 0 aliphatic carbocycles. The topological polar surface area (TPSA) is 66.5 Å². The van der Waals surface area contributed by atoms with E-state index in [1.165, 1.54) is 18.2 Å². The van der Waals surface area contributed by atoms with E-state index in [0.717, 1.165) is 53.8 Å². The second-order valence-electron chi connectivity index (χ2n) is 8.09. The van der Waals surface area contributed by atoms with Gasteiger partial charge in [0.2, 0.25) is 5.91 Å². The van der Waals surface area contributed by atoms with Crippen LogP contribution >= 0.6 is 0 Å². The molecule has 0 radical (unpaired) electrons. The van der Waals surface area contributed by atoms with Gasteiger partial charge in [0.1, 0.15) is 6.54 Å². The third-order valence-corrected chi connectivity index (χ3v) is 7.28. The fourth-order valence-corrected chi connectivity index (χ4v) is 4.79. The number of sulfonamides is 1. The van der Waals surface area contributed by atoms with Crippen molar-refractivity contribution in [3.05, 3.63) is 59.7 Å². The van der Waals surface area contributed by atoms with Gasteiger partial charge < -0.3 is 5.32 Å². The number of anilines is 1. The SMILES string of the molecule is CCCC[C@H](CC)CNC(=O)CN(c1cccc(C(F)(F)F)c1)S(=O)(=O)c1ccc(C)cc1. The molecule has 1 N–H and O–H groups in total. The van der Waals surface area contributed by atoms with Gasteiger partial charge in [-0.15, -0.1) is 0 Å². The second-order valence-corrected chi connectivity index (χ2v) is 9.96. The van der Waals surface area contributed by atoms with Crippen LogP contribution in [0, 0.1) is 12.8 Å². The minimum Gasteiger partial charge on any atom is -0.354 e. The summed E-state index contributed by atoms with van der Waals surface area (Å²) in [6.45, 7) is 5.65. The highest BCUT2D eigenvalue weighted by Gasteiger charge is 2.33. The number of amides is 1. The number of aryl methyl sites for hydroxylation is 1. The Balaban J connectivity index is 2.35. The molecule has 33 heavy (non-hydrogen) atoms. The van der Waals surface area contributed by atoms with Crippen LogP contribution in [-0.4, -0.2) is 27.4 Å². The molecular formula is C24H31F3N2O3S. The maximum atomic E-state index is 13.3. The third-order valence-electron chi connectivity index (χ3n) is 5.49. The molecule has 0 heterocycles. The highest BCUT2D eigenvalue weighted by atomic mass is 32.2. The predicted octanol–water partition coefficient (Wildman–Crippen LogP) is 5.54. The lowest BCUT2D eigenvalue weighted by atomic mass is 9.99. The van der Waals surface area contributed by atoms with Crippen molar-refractivity contribution >= 4 is 21.6 Å². The van der Waals surface area contributed by atoms with Crippen molar-refractivity contribution in [3.63, 3.8) is 0 Å². The van der Waals surface area contributed by atoms with Crippen molar-refractivity contribution in [2.24, 2.45) is 5.92 Å². The molecule has 0 bridgehead atoms. The van der Waals surface area contributed by atoms with Crippen LogP contribution in [0.2, 0.25) is 0 Å². The average Bonchev–Trinajstić information content (AvgIpc) is 2.77. The zero-order valence-corrected chi connectivity index (χ0v) is 20.0. The van der Waals surface area contributed by atoms with Crippen LogP contribution in [0.4, 0.5) is 18.9 Å². The number of carbonyl (C=O) groups excluding carboxylic acids is 1. The summed E-state index contributed by atoms with van der Waals surface area (Å²) in [4.78, 5) is 12.6. The molecular weight excluding hydrogens is 453 g/mol. The summed E-state index contributed by atoms with van der Waals surface area (Å²) >= 11 is 0. The molecule has 5 nitrogen and oxygen atoms in total. The highest BCUT2D eigenvalue weighted by molar-refractivity contribution is 7.92. The first-order valence-corrected chi connectivity index (χ1v) is 12.5. The third kappa shape index (κ3) is 7.48. The Morgan fingerprint density at radius 2 is 1.76 bits per heavy atom. The fourth-order valence-electron chi connectivity index (χ4n) is 3.38. The number of halogens is 3. The average molecular weight is 485 g/mol. The zero-order valence-electron chi connectivity index (χ0n) is 19.2. The number of hydrogen-bond donors (Lipinski definition) is 1. The second kappa shape index (κ2) is 11.5. The maximum Gasteiger partial charge on any atom is 0.416 e. The summed E-state index contributed by atoms with van der Waals surface area (Å²) in [5.41, 5.74) is -0.385. The molecule has 0 unspecified atom stereocenters. The van der Waals surface area contributed by atoms with Gasteiger partial charge in [-0.3, -0.25) is 9.10 Å². The number of benzene rings is 2. The van der Waals surface area contributed by atoms with E-state index < -0.39 is 34.2 Å². The van der Waals surface area contributed by atoms with Gasteiger partial charge in [-0.1, -0.05) is 56.9 Å². The van der Waals surface area contributed by atoms with Crippen LogP contribution in [0.5, 0.6) is 0 Å². The van der Waals surface area contributed by atoms with Crippen LogP contribution in [0.25, 0.3) is 0 Å². The van der Waals surface area contributed by atoms with E-state index in [2.05, 4.69) is 12.2 Å². The van der Waals surface area contributed by atoms with Crippen LogP contribution in [-0.2, 0) is 21.0 Å². The molecule has 1 atom stereocenters. The fraction of sp³-hybridized carbons (Fsp3) is 0.458. The molecule has 9 heteroatoms. The quantitative estimate of drug-likeness (QED) is 0.455. The molecule has 0 saturated heterocycles. The van der Waals surface area contributed by atoms with Gasteiger partial charge in [0, 0.05) is 6.54 Å². The van der Waals surface area contributed by atoms with E-state index in [4.69, 9.17) is 0 Å².